The second-order valence-corrected chi connectivity index (χ2v) is 6.58. The van der Waals surface area contributed by atoms with E-state index in [4.69, 9.17) is 39.0 Å². The maximum atomic E-state index is 6.17. The molecule has 0 spiro atoms. The number of nitrogens with two attached hydrogens (primary N) is 1. The van der Waals surface area contributed by atoms with Crippen LogP contribution in [0.4, 0.5) is 0 Å². The largest absolute Gasteiger partial charge is 0.490 e. The molecule has 0 bridgehead atoms. The molecule has 2 rings (SSSR count). The van der Waals surface area contributed by atoms with E-state index in [0.717, 1.165) is 15.6 Å². The van der Waals surface area contributed by atoms with Gasteiger partial charge in [0.2, 0.25) is 0 Å². The van der Waals surface area contributed by atoms with Gasteiger partial charge in [0, 0.05) is 10.6 Å². The van der Waals surface area contributed by atoms with Crippen LogP contribution in [0.2, 0.25) is 5.02 Å². The molecule has 0 unspecified atom stereocenters. The molecule has 0 aliphatic carbocycles. The Labute approximate surface area is 165 Å². The van der Waals surface area contributed by atoms with E-state index < -0.39 is 0 Å². The standard InChI is InChI=1S/C17H17BrClN3O2S/c1-2-23-15-8-11(9-21-22-17(20)25)7-13(18)16(15)24-10-12-5-3-4-6-14(12)19/h3-9H,2,10H2,1H3,(H3,20,22,25). The van der Waals surface area contributed by atoms with E-state index in [1.807, 2.05) is 43.3 Å². The van der Waals surface area contributed by atoms with Crippen molar-refractivity contribution in [1.29, 1.82) is 0 Å². The Morgan fingerprint density at radius 3 is 2.80 bits per heavy atom. The van der Waals surface area contributed by atoms with Gasteiger partial charge in [-0.25, -0.2) is 0 Å². The lowest BCUT2D eigenvalue weighted by Crippen LogP contribution is -2.23. The number of hydrazone groups is 1. The van der Waals surface area contributed by atoms with Crippen LogP contribution in [0, 0.1) is 0 Å². The third-order valence-electron chi connectivity index (χ3n) is 3.05. The van der Waals surface area contributed by atoms with E-state index in [-0.39, 0.29) is 5.11 Å². The first-order valence-electron chi connectivity index (χ1n) is 7.42. The van der Waals surface area contributed by atoms with Gasteiger partial charge in [-0.3, -0.25) is 5.43 Å². The summed E-state index contributed by atoms with van der Waals surface area (Å²) in [7, 11) is 0. The molecular weight excluding hydrogens is 426 g/mol. The minimum atomic E-state index is 0.0973. The second kappa shape index (κ2) is 9.60. The van der Waals surface area contributed by atoms with Gasteiger partial charge >= 0.3 is 0 Å². The first kappa shape index (κ1) is 19.5. The quantitative estimate of drug-likeness (QED) is 0.381. The number of benzene rings is 2. The predicted octanol–water partition coefficient (Wildman–Crippen LogP) is 4.25. The molecule has 0 aliphatic heterocycles. The van der Waals surface area contributed by atoms with Crippen LogP contribution in [-0.2, 0) is 6.61 Å². The lowest BCUT2D eigenvalue weighted by Gasteiger charge is -2.15. The Morgan fingerprint density at radius 1 is 1.36 bits per heavy atom. The SMILES string of the molecule is CCOc1cc(C=NNC(N)=S)cc(Br)c1OCc1ccccc1Cl. The number of hydrogen-bond donors (Lipinski definition) is 2. The molecule has 0 radical (unpaired) electrons. The summed E-state index contributed by atoms with van der Waals surface area (Å²) in [6, 6.07) is 11.2. The van der Waals surface area contributed by atoms with Crippen molar-refractivity contribution in [3.8, 4) is 11.5 Å². The van der Waals surface area contributed by atoms with Gasteiger partial charge in [0.25, 0.3) is 0 Å². The molecule has 132 valence electrons. The molecule has 0 atom stereocenters. The van der Waals surface area contributed by atoms with Crippen molar-refractivity contribution in [2.45, 2.75) is 13.5 Å². The highest BCUT2D eigenvalue weighted by atomic mass is 79.9. The lowest BCUT2D eigenvalue weighted by atomic mass is 10.2. The Morgan fingerprint density at radius 2 is 2.12 bits per heavy atom. The summed E-state index contributed by atoms with van der Waals surface area (Å²) in [4.78, 5) is 0. The number of thiocarbonyl (C=S) groups is 1. The molecule has 2 aromatic rings. The minimum Gasteiger partial charge on any atom is -0.490 e. The molecule has 2 aromatic carbocycles. The molecule has 5 nitrogen and oxygen atoms in total. The first-order valence-corrected chi connectivity index (χ1v) is 9.00. The predicted molar refractivity (Wildman–Crippen MR) is 109 cm³/mol. The zero-order valence-electron chi connectivity index (χ0n) is 13.5. The fourth-order valence-corrected chi connectivity index (χ4v) is 2.82. The highest BCUT2D eigenvalue weighted by molar-refractivity contribution is 9.10. The van der Waals surface area contributed by atoms with Gasteiger partial charge in [-0.2, -0.15) is 5.10 Å². The molecular formula is C17H17BrClN3O2S. The molecule has 0 aromatic heterocycles. The number of nitrogens with one attached hydrogen (secondary N) is 1. The maximum absolute atomic E-state index is 6.17. The van der Waals surface area contributed by atoms with Gasteiger partial charge in [0.15, 0.2) is 16.6 Å². The Balaban J connectivity index is 2.23. The van der Waals surface area contributed by atoms with Crippen LogP contribution in [0.1, 0.15) is 18.1 Å². The van der Waals surface area contributed by atoms with Gasteiger partial charge in [0.05, 0.1) is 17.3 Å². The third-order valence-corrected chi connectivity index (χ3v) is 4.10. The summed E-state index contributed by atoms with van der Waals surface area (Å²) in [5, 5.41) is 4.70. The topological polar surface area (TPSA) is 68.9 Å². The Bertz CT molecular complexity index is 786. The molecule has 25 heavy (non-hydrogen) atoms. The van der Waals surface area contributed by atoms with Gasteiger partial charge in [0.1, 0.15) is 6.61 Å². The van der Waals surface area contributed by atoms with Crippen LogP contribution in [0.25, 0.3) is 0 Å². The van der Waals surface area contributed by atoms with E-state index in [1.165, 1.54) is 0 Å². The van der Waals surface area contributed by atoms with Crippen LogP contribution in [0.15, 0.2) is 46.0 Å². The zero-order chi connectivity index (χ0) is 18.2. The summed E-state index contributed by atoms with van der Waals surface area (Å²) < 4.78 is 12.4. The number of halogens is 2. The van der Waals surface area contributed by atoms with Crippen LogP contribution in [0.3, 0.4) is 0 Å². The van der Waals surface area contributed by atoms with Gasteiger partial charge < -0.3 is 15.2 Å². The molecule has 0 aliphatic rings. The molecule has 0 amide bonds. The monoisotopic (exact) mass is 441 g/mol. The summed E-state index contributed by atoms with van der Waals surface area (Å²) in [6.07, 6.45) is 1.59. The second-order valence-electron chi connectivity index (χ2n) is 4.88. The average Bonchev–Trinajstić information content (AvgIpc) is 2.55. The maximum Gasteiger partial charge on any atom is 0.184 e. The van der Waals surface area contributed by atoms with Crippen LogP contribution >= 0.6 is 39.7 Å². The number of rotatable bonds is 7. The summed E-state index contributed by atoms with van der Waals surface area (Å²) in [5.41, 5.74) is 9.54. The number of nitrogens with zero attached hydrogens (tertiary/aromatic N) is 1. The smallest absolute Gasteiger partial charge is 0.184 e. The fraction of sp³-hybridized carbons (Fsp3) is 0.176. The van der Waals surface area contributed by atoms with Crippen LogP contribution in [-0.4, -0.2) is 17.9 Å². The van der Waals surface area contributed by atoms with Crippen molar-refractivity contribution in [2.75, 3.05) is 6.61 Å². The van der Waals surface area contributed by atoms with E-state index >= 15 is 0 Å². The first-order chi connectivity index (χ1) is 12.0. The summed E-state index contributed by atoms with van der Waals surface area (Å²) >= 11 is 14.4. The van der Waals surface area contributed by atoms with Crippen molar-refractivity contribution in [1.82, 2.24) is 5.43 Å². The molecule has 0 heterocycles. The van der Waals surface area contributed by atoms with E-state index in [1.54, 1.807) is 6.21 Å². The summed E-state index contributed by atoms with van der Waals surface area (Å²) in [6.45, 7) is 2.73. The van der Waals surface area contributed by atoms with Crippen molar-refractivity contribution in [2.24, 2.45) is 10.8 Å². The van der Waals surface area contributed by atoms with E-state index in [2.05, 4.69) is 26.5 Å². The van der Waals surface area contributed by atoms with Crippen molar-refractivity contribution in [3.63, 3.8) is 0 Å². The zero-order valence-corrected chi connectivity index (χ0v) is 16.6. The molecule has 8 heteroatoms. The highest BCUT2D eigenvalue weighted by Crippen LogP contribution is 2.37. The van der Waals surface area contributed by atoms with Gasteiger partial charge in [-0.1, -0.05) is 29.8 Å². The highest BCUT2D eigenvalue weighted by Gasteiger charge is 2.13. The van der Waals surface area contributed by atoms with E-state index in [9.17, 15) is 0 Å². The van der Waals surface area contributed by atoms with Crippen molar-refractivity contribution < 1.29 is 9.47 Å². The molecule has 0 saturated carbocycles. The van der Waals surface area contributed by atoms with Crippen LogP contribution in [0.5, 0.6) is 11.5 Å². The Hall–Kier alpha value is -1.83. The molecule has 0 fully saturated rings. The molecule has 0 saturated heterocycles. The Kier molecular flexibility index (Phi) is 7.49. The van der Waals surface area contributed by atoms with Crippen molar-refractivity contribution in [3.05, 3.63) is 57.0 Å². The third kappa shape index (κ3) is 5.88. The minimum absolute atomic E-state index is 0.0973. The average molecular weight is 443 g/mol. The van der Waals surface area contributed by atoms with E-state index in [0.29, 0.717) is 29.7 Å². The van der Waals surface area contributed by atoms with Gasteiger partial charge in [-0.15, -0.1) is 0 Å². The summed E-state index contributed by atoms with van der Waals surface area (Å²) in [5.74, 6) is 1.20. The normalized spacial score (nSPS) is 10.7. The number of ether oxygens (including phenoxy) is 2. The fourth-order valence-electron chi connectivity index (χ4n) is 2.00. The molecule has 3 N–H and O–H groups in total. The number of hydrogen-bond acceptors (Lipinski definition) is 4. The van der Waals surface area contributed by atoms with Gasteiger partial charge in [-0.05, 0) is 58.8 Å². The lowest BCUT2D eigenvalue weighted by molar-refractivity contribution is 0.267. The van der Waals surface area contributed by atoms with Crippen LogP contribution < -0.4 is 20.6 Å². The van der Waals surface area contributed by atoms with Crippen molar-refractivity contribution >= 4 is 51.1 Å².